The maximum Gasteiger partial charge on any atom is 0.103 e. The van der Waals surface area contributed by atoms with Crippen LogP contribution in [0.15, 0.2) is 22.8 Å². The summed E-state index contributed by atoms with van der Waals surface area (Å²) in [6.45, 7) is 9.50. The molecule has 21 heavy (non-hydrogen) atoms. The van der Waals surface area contributed by atoms with E-state index in [1.54, 1.807) is 6.26 Å². The quantitative estimate of drug-likeness (QED) is 0.781. The predicted octanol–water partition coefficient (Wildman–Crippen LogP) is 4.85. The highest BCUT2D eigenvalue weighted by Gasteiger charge is 2.11. The zero-order chi connectivity index (χ0) is 15.3. The summed E-state index contributed by atoms with van der Waals surface area (Å²) in [4.78, 5) is 0. The van der Waals surface area contributed by atoms with Crippen molar-refractivity contribution in [1.29, 1.82) is 0 Å². The Balaban J connectivity index is 0.000000157. The van der Waals surface area contributed by atoms with Crippen molar-refractivity contribution < 1.29 is 13.9 Å². The molecule has 0 radical (unpaired) electrons. The van der Waals surface area contributed by atoms with Crippen LogP contribution >= 0.6 is 0 Å². The maximum atomic E-state index is 5.30. The lowest BCUT2D eigenvalue weighted by Gasteiger charge is -2.16. The molecule has 1 aromatic rings. The monoisotopic (exact) mass is 296 g/mol. The molecule has 0 spiro atoms. The molecule has 1 atom stereocenters. The van der Waals surface area contributed by atoms with Gasteiger partial charge in [0.2, 0.25) is 0 Å². The topological polar surface area (TPSA) is 31.6 Å². The first kappa shape index (κ1) is 18.2. The molecule has 0 bridgehead atoms. The second kappa shape index (κ2) is 11.8. The fraction of sp³-hybridized carbons (Fsp3) is 0.778. The molecule has 3 heteroatoms. The summed E-state index contributed by atoms with van der Waals surface area (Å²) in [5.74, 6) is 1.97. The highest BCUT2D eigenvalue weighted by Crippen LogP contribution is 2.13. The minimum absolute atomic E-state index is 0.597. The van der Waals surface area contributed by atoms with Crippen molar-refractivity contribution >= 4 is 0 Å². The molecular weight excluding hydrogens is 264 g/mol. The van der Waals surface area contributed by atoms with E-state index in [0.29, 0.717) is 6.10 Å². The van der Waals surface area contributed by atoms with Crippen LogP contribution in [0.4, 0.5) is 0 Å². The van der Waals surface area contributed by atoms with Gasteiger partial charge in [-0.2, -0.15) is 0 Å². The number of rotatable bonds is 2. The number of aryl methyl sites for hydroxylation is 1. The normalized spacial score (nSPS) is 22.0. The van der Waals surface area contributed by atoms with Gasteiger partial charge in [0.1, 0.15) is 5.76 Å². The number of hydrogen-bond donors (Lipinski definition) is 0. The molecule has 0 N–H and O–H groups in total. The minimum atomic E-state index is 0.597. The van der Waals surface area contributed by atoms with Gasteiger partial charge in [0.05, 0.1) is 12.4 Å². The van der Waals surface area contributed by atoms with Crippen LogP contribution in [0.2, 0.25) is 0 Å². The Bertz CT molecular complexity index is 309. The SMILES string of the molecule is CC1CCOCC1.CCC1CCCO1.CCc1ccco1. The van der Waals surface area contributed by atoms with Gasteiger partial charge in [-0.15, -0.1) is 0 Å². The largest absolute Gasteiger partial charge is 0.469 e. The highest BCUT2D eigenvalue weighted by atomic mass is 16.5. The Morgan fingerprint density at radius 3 is 2.14 bits per heavy atom. The van der Waals surface area contributed by atoms with Crippen molar-refractivity contribution in [3.8, 4) is 0 Å². The molecular formula is C18H32O3. The van der Waals surface area contributed by atoms with E-state index < -0.39 is 0 Å². The molecule has 0 aromatic carbocycles. The lowest BCUT2D eigenvalue weighted by atomic mass is 10.0. The maximum absolute atomic E-state index is 5.30. The van der Waals surface area contributed by atoms with E-state index in [9.17, 15) is 0 Å². The average Bonchev–Trinajstić information content (AvgIpc) is 3.22. The molecule has 122 valence electrons. The van der Waals surface area contributed by atoms with Crippen molar-refractivity contribution in [2.45, 2.75) is 65.4 Å². The number of hydrogen-bond acceptors (Lipinski definition) is 3. The van der Waals surface area contributed by atoms with E-state index in [1.807, 2.05) is 12.1 Å². The summed E-state index contributed by atoms with van der Waals surface area (Å²) in [5.41, 5.74) is 0. The van der Waals surface area contributed by atoms with Crippen molar-refractivity contribution in [3.05, 3.63) is 24.2 Å². The van der Waals surface area contributed by atoms with Gasteiger partial charge in [0, 0.05) is 26.2 Å². The predicted molar refractivity (Wildman–Crippen MR) is 86.6 cm³/mol. The van der Waals surface area contributed by atoms with E-state index in [2.05, 4.69) is 20.8 Å². The van der Waals surface area contributed by atoms with E-state index >= 15 is 0 Å². The third kappa shape index (κ3) is 8.94. The Morgan fingerprint density at radius 1 is 1.10 bits per heavy atom. The van der Waals surface area contributed by atoms with Crippen LogP contribution in [0.1, 0.15) is 58.6 Å². The Labute approximate surface area is 130 Å². The summed E-state index contributed by atoms with van der Waals surface area (Å²) < 4.78 is 15.4. The Morgan fingerprint density at radius 2 is 1.86 bits per heavy atom. The van der Waals surface area contributed by atoms with E-state index in [0.717, 1.165) is 37.9 Å². The smallest absolute Gasteiger partial charge is 0.103 e. The van der Waals surface area contributed by atoms with Crippen LogP contribution in [-0.4, -0.2) is 25.9 Å². The van der Waals surface area contributed by atoms with Crippen molar-refractivity contribution in [2.75, 3.05) is 19.8 Å². The van der Waals surface area contributed by atoms with Crippen molar-refractivity contribution in [2.24, 2.45) is 5.92 Å². The van der Waals surface area contributed by atoms with Gasteiger partial charge in [0.15, 0.2) is 0 Å². The van der Waals surface area contributed by atoms with E-state index in [1.165, 1.54) is 32.1 Å². The highest BCUT2D eigenvalue weighted by molar-refractivity contribution is 4.96. The van der Waals surface area contributed by atoms with Crippen molar-refractivity contribution in [1.82, 2.24) is 0 Å². The van der Waals surface area contributed by atoms with Gasteiger partial charge >= 0.3 is 0 Å². The summed E-state index contributed by atoms with van der Waals surface area (Å²) in [7, 11) is 0. The molecule has 3 rings (SSSR count). The summed E-state index contributed by atoms with van der Waals surface area (Å²) >= 11 is 0. The lowest BCUT2D eigenvalue weighted by molar-refractivity contribution is 0.0716. The molecule has 0 aliphatic carbocycles. The Kier molecular flexibility index (Phi) is 10.3. The van der Waals surface area contributed by atoms with Gasteiger partial charge in [-0.25, -0.2) is 0 Å². The van der Waals surface area contributed by atoms with Crippen LogP contribution < -0.4 is 0 Å². The first-order valence-corrected chi connectivity index (χ1v) is 8.48. The fourth-order valence-electron chi connectivity index (χ4n) is 2.30. The summed E-state index contributed by atoms with van der Waals surface area (Å²) in [6.07, 6.45) is 9.57. The second-order valence-corrected chi connectivity index (χ2v) is 5.77. The standard InChI is InChI=1S/2C6H12O.C6H8O/c1-6-2-4-7-5-3-6;2*1-2-6-4-3-5-7-6/h2*6H,2-5H2,1H3;3-5H,2H2,1H3. The third-order valence-corrected chi connectivity index (χ3v) is 3.92. The molecule has 0 amide bonds. The molecule has 2 saturated heterocycles. The van der Waals surface area contributed by atoms with Crippen LogP contribution in [0, 0.1) is 5.92 Å². The Hall–Kier alpha value is -0.800. The third-order valence-electron chi connectivity index (χ3n) is 3.92. The molecule has 2 aliphatic heterocycles. The lowest BCUT2D eigenvalue weighted by Crippen LogP contribution is -2.12. The molecule has 2 fully saturated rings. The van der Waals surface area contributed by atoms with E-state index in [-0.39, 0.29) is 0 Å². The molecule has 2 aliphatic rings. The van der Waals surface area contributed by atoms with Crippen LogP contribution in [0.5, 0.6) is 0 Å². The molecule has 1 unspecified atom stereocenters. The average molecular weight is 296 g/mol. The van der Waals surface area contributed by atoms with E-state index in [4.69, 9.17) is 13.9 Å². The first-order chi connectivity index (χ1) is 10.3. The van der Waals surface area contributed by atoms with Crippen LogP contribution in [-0.2, 0) is 15.9 Å². The molecule has 0 saturated carbocycles. The fourth-order valence-corrected chi connectivity index (χ4v) is 2.30. The van der Waals surface area contributed by atoms with Crippen LogP contribution in [0.25, 0.3) is 0 Å². The second-order valence-electron chi connectivity index (χ2n) is 5.77. The van der Waals surface area contributed by atoms with Crippen LogP contribution in [0.3, 0.4) is 0 Å². The van der Waals surface area contributed by atoms with Gasteiger partial charge in [-0.1, -0.05) is 20.8 Å². The molecule has 1 aromatic heterocycles. The van der Waals surface area contributed by atoms with Gasteiger partial charge in [0.25, 0.3) is 0 Å². The van der Waals surface area contributed by atoms with Gasteiger partial charge < -0.3 is 13.9 Å². The van der Waals surface area contributed by atoms with Crippen molar-refractivity contribution in [3.63, 3.8) is 0 Å². The summed E-state index contributed by atoms with van der Waals surface area (Å²) in [5, 5.41) is 0. The minimum Gasteiger partial charge on any atom is -0.469 e. The summed E-state index contributed by atoms with van der Waals surface area (Å²) in [6, 6.07) is 3.87. The number of furan rings is 1. The molecule has 3 nitrogen and oxygen atoms in total. The zero-order valence-corrected chi connectivity index (χ0v) is 14.0. The first-order valence-electron chi connectivity index (χ1n) is 8.48. The number of ether oxygens (including phenoxy) is 2. The molecule has 3 heterocycles. The zero-order valence-electron chi connectivity index (χ0n) is 14.0. The van der Waals surface area contributed by atoms with Gasteiger partial charge in [-0.3, -0.25) is 0 Å². The van der Waals surface area contributed by atoms with Gasteiger partial charge in [-0.05, 0) is 50.2 Å².